The van der Waals surface area contributed by atoms with Gasteiger partial charge in [-0.25, -0.2) is 0 Å². The van der Waals surface area contributed by atoms with E-state index in [0.717, 1.165) is 39.9 Å². The van der Waals surface area contributed by atoms with E-state index in [1.807, 2.05) is 29.0 Å². The Hall–Kier alpha value is -2.72. The van der Waals surface area contributed by atoms with Crippen molar-refractivity contribution < 1.29 is 10.2 Å². The molecule has 1 aliphatic rings. The van der Waals surface area contributed by atoms with E-state index in [4.69, 9.17) is 5.73 Å². The summed E-state index contributed by atoms with van der Waals surface area (Å²) in [5.74, 6) is 0.501. The molecule has 23 heavy (non-hydrogen) atoms. The number of nitrogens with two attached hydrogens (primary N) is 1. The maximum absolute atomic E-state index is 9.89. The van der Waals surface area contributed by atoms with Crippen molar-refractivity contribution in [3.8, 4) is 11.5 Å². The Bertz CT molecular complexity index is 923. The highest BCUT2D eigenvalue weighted by molar-refractivity contribution is 7.08. The molecule has 1 heterocycles. The molecule has 0 bridgehead atoms. The zero-order chi connectivity index (χ0) is 16.0. The molecule has 1 aromatic heterocycles. The maximum atomic E-state index is 9.89. The van der Waals surface area contributed by atoms with Gasteiger partial charge in [-0.3, -0.25) is 0 Å². The lowest BCUT2D eigenvalue weighted by Gasteiger charge is -2.09. The lowest BCUT2D eigenvalue weighted by Crippen LogP contribution is -1.92. The van der Waals surface area contributed by atoms with Crippen molar-refractivity contribution in [3.05, 3.63) is 75.5 Å². The van der Waals surface area contributed by atoms with Gasteiger partial charge in [-0.2, -0.15) is 0 Å². The first-order valence-electron chi connectivity index (χ1n) is 7.30. The normalized spacial score (nSPS) is 13.4. The van der Waals surface area contributed by atoms with E-state index in [1.165, 1.54) is 5.56 Å². The van der Waals surface area contributed by atoms with E-state index in [1.54, 1.807) is 35.6 Å². The minimum Gasteiger partial charge on any atom is -0.508 e. The average molecular weight is 321 g/mol. The fourth-order valence-electron chi connectivity index (χ4n) is 3.12. The average Bonchev–Trinajstić information content (AvgIpc) is 3.11. The lowest BCUT2D eigenvalue weighted by atomic mass is 9.95. The second-order valence-electron chi connectivity index (χ2n) is 5.66. The van der Waals surface area contributed by atoms with E-state index in [2.05, 4.69) is 0 Å². The minimum absolute atomic E-state index is 0.249. The number of rotatable bonds is 2. The zero-order valence-corrected chi connectivity index (χ0v) is 13.1. The van der Waals surface area contributed by atoms with Crippen LogP contribution in [0.3, 0.4) is 0 Å². The van der Waals surface area contributed by atoms with Crippen LogP contribution in [0.2, 0.25) is 0 Å². The second kappa shape index (κ2) is 5.18. The van der Waals surface area contributed by atoms with Gasteiger partial charge in [-0.15, -0.1) is 11.3 Å². The van der Waals surface area contributed by atoms with Gasteiger partial charge in [0.1, 0.15) is 11.5 Å². The molecule has 0 fully saturated rings. The number of fused-ring (bicyclic) bond motifs is 1. The number of benzene rings is 2. The van der Waals surface area contributed by atoms with Crippen molar-refractivity contribution in [2.75, 3.05) is 5.73 Å². The van der Waals surface area contributed by atoms with Gasteiger partial charge < -0.3 is 15.9 Å². The van der Waals surface area contributed by atoms with Crippen molar-refractivity contribution in [2.45, 2.75) is 6.42 Å². The van der Waals surface area contributed by atoms with Crippen molar-refractivity contribution in [1.29, 1.82) is 0 Å². The van der Waals surface area contributed by atoms with Gasteiger partial charge in [0.2, 0.25) is 0 Å². The highest BCUT2D eigenvalue weighted by atomic mass is 32.1. The summed E-state index contributed by atoms with van der Waals surface area (Å²) in [6.45, 7) is 0. The number of aromatic hydroxyl groups is 2. The number of phenols is 2. The summed E-state index contributed by atoms with van der Waals surface area (Å²) in [5.41, 5.74) is 13.4. The minimum atomic E-state index is 0.249. The van der Waals surface area contributed by atoms with Crippen LogP contribution in [-0.2, 0) is 6.42 Å². The highest BCUT2D eigenvalue weighted by Gasteiger charge is 2.25. The van der Waals surface area contributed by atoms with Gasteiger partial charge in [0, 0.05) is 16.3 Å². The Morgan fingerprint density at radius 2 is 1.61 bits per heavy atom. The number of hydrogen-bond acceptors (Lipinski definition) is 4. The number of thiophene rings is 1. The first-order chi connectivity index (χ1) is 11.1. The monoisotopic (exact) mass is 321 g/mol. The molecule has 0 aliphatic heterocycles. The van der Waals surface area contributed by atoms with Gasteiger partial charge in [0.05, 0.1) is 5.69 Å². The Balaban J connectivity index is 1.98. The summed E-state index contributed by atoms with van der Waals surface area (Å²) in [6.07, 6.45) is 0.783. The molecule has 4 rings (SSSR count). The molecule has 1 aliphatic carbocycles. The van der Waals surface area contributed by atoms with Crippen LogP contribution < -0.4 is 5.73 Å². The van der Waals surface area contributed by atoms with Gasteiger partial charge in [-0.05, 0) is 58.5 Å². The van der Waals surface area contributed by atoms with E-state index in [-0.39, 0.29) is 11.5 Å². The first-order valence-corrected chi connectivity index (χ1v) is 8.24. The van der Waals surface area contributed by atoms with E-state index < -0.39 is 0 Å². The molecule has 4 heteroatoms. The summed E-state index contributed by atoms with van der Waals surface area (Å²) in [4.78, 5) is 0. The molecule has 0 saturated carbocycles. The van der Waals surface area contributed by atoms with E-state index >= 15 is 0 Å². The molecule has 4 N–H and O–H groups in total. The zero-order valence-electron chi connectivity index (χ0n) is 12.3. The van der Waals surface area contributed by atoms with Crippen LogP contribution in [-0.4, -0.2) is 10.2 Å². The number of hydrogen-bond donors (Lipinski definition) is 3. The summed E-state index contributed by atoms with van der Waals surface area (Å²) in [6, 6.07) is 12.7. The first kappa shape index (κ1) is 13.9. The molecule has 2 aromatic carbocycles. The molecule has 0 radical (unpaired) electrons. The largest absolute Gasteiger partial charge is 0.508 e. The van der Waals surface area contributed by atoms with Crippen LogP contribution in [0, 0.1) is 0 Å². The molecule has 0 spiro atoms. The van der Waals surface area contributed by atoms with Gasteiger partial charge in [0.25, 0.3) is 0 Å². The molecule has 0 amide bonds. The third-order valence-electron chi connectivity index (χ3n) is 4.21. The summed E-state index contributed by atoms with van der Waals surface area (Å²) in [5, 5.41) is 23.4. The van der Waals surface area contributed by atoms with Gasteiger partial charge in [0.15, 0.2) is 0 Å². The Morgan fingerprint density at radius 1 is 0.870 bits per heavy atom. The molecular formula is C19H15NO2S. The topological polar surface area (TPSA) is 66.5 Å². The number of nitrogen functional groups attached to an aromatic ring is 1. The van der Waals surface area contributed by atoms with Crippen molar-refractivity contribution in [1.82, 2.24) is 0 Å². The third kappa shape index (κ3) is 2.28. The summed E-state index contributed by atoms with van der Waals surface area (Å²) < 4.78 is 0. The van der Waals surface area contributed by atoms with E-state index in [9.17, 15) is 10.2 Å². The Labute approximate surface area is 138 Å². The number of allylic oxidation sites excluding steroid dienone is 1. The van der Waals surface area contributed by atoms with Crippen LogP contribution in [0.25, 0.3) is 11.1 Å². The van der Waals surface area contributed by atoms with Gasteiger partial charge in [-0.1, -0.05) is 18.2 Å². The Morgan fingerprint density at radius 3 is 2.30 bits per heavy atom. The van der Waals surface area contributed by atoms with E-state index in [0.29, 0.717) is 0 Å². The molecule has 0 unspecified atom stereocenters. The predicted octanol–water partition coefficient (Wildman–Crippen LogP) is 4.26. The van der Waals surface area contributed by atoms with Crippen LogP contribution in [0.1, 0.15) is 22.3 Å². The highest BCUT2D eigenvalue weighted by Crippen LogP contribution is 2.45. The predicted molar refractivity (Wildman–Crippen MR) is 94.6 cm³/mol. The van der Waals surface area contributed by atoms with Crippen molar-refractivity contribution in [3.63, 3.8) is 0 Å². The summed E-state index contributed by atoms with van der Waals surface area (Å²) >= 11 is 1.57. The summed E-state index contributed by atoms with van der Waals surface area (Å²) in [7, 11) is 0. The Kier molecular flexibility index (Phi) is 3.13. The molecule has 114 valence electrons. The SMILES string of the molecule is Nc1cscc1C1=C(c2ccc(O)cc2)Cc2ccc(O)cc21. The lowest BCUT2D eigenvalue weighted by molar-refractivity contribution is 0.474. The quantitative estimate of drug-likeness (QED) is 0.661. The van der Waals surface area contributed by atoms with Crippen LogP contribution >= 0.6 is 11.3 Å². The van der Waals surface area contributed by atoms with Crippen molar-refractivity contribution in [2.24, 2.45) is 0 Å². The third-order valence-corrected chi connectivity index (χ3v) is 4.97. The van der Waals surface area contributed by atoms with Gasteiger partial charge >= 0.3 is 0 Å². The van der Waals surface area contributed by atoms with Crippen LogP contribution in [0.5, 0.6) is 11.5 Å². The fraction of sp³-hybridized carbons (Fsp3) is 0.0526. The fourth-order valence-corrected chi connectivity index (χ4v) is 3.85. The van der Waals surface area contributed by atoms with Crippen LogP contribution in [0.4, 0.5) is 5.69 Å². The van der Waals surface area contributed by atoms with Crippen LogP contribution in [0.15, 0.2) is 53.2 Å². The van der Waals surface area contributed by atoms with Crippen molar-refractivity contribution >= 4 is 28.2 Å². The molecule has 3 aromatic rings. The molecule has 0 atom stereocenters. The smallest absolute Gasteiger partial charge is 0.116 e. The maximum Gasteiger partial charge on any atom is 0.116 e. The molecule has 0 saturated heterocycles. The second-order valence-corrected chi connectivity index (χ2v) is 6.40. The molecular weight excluding hydrogens is 306 g/mol. The standard InChI is InChI=1S/C19H15NO2S/c20-18-10-23-9-17(18)19-15(11-1-4-13(21)5-2-11)7-12-3-6-14(22)8-16(12)19/h1-6,8-10,21-22H,7,20H2. The molecule has 3 nitrogen and oxygen atoms in total. The number of anilines is 1. The number of phenolic OH excluding ortho intramolecular Hbond substituents is 2.